The van der Waals surface area contributed by atoms with Crippen LogP contribution in [0.15, 0.2) is 9.27 Å². The van der Waals surface area contributed by atoms with Gasteiger partial charge in [-0.15, -0.1) is 0 Å². The van der Waals surface area contributed by atoms with Crippen molar-refractivity contribution >= 4 is 15.9 Å². The summed E-state index contributed by atoms with van der Waals surface area (Å²) in [6.45, 7) is 0.834. The summed E-state index contributed by atoms with van der Waals surface area (Å²) < 4.78 is 6.18. The SMILES string of the molecule is O=c1[nH]c(CC2CCCO2)nc(C2CC2)c1Br. The summed E-state index contributed by atoms with van der Waals surface area (Å²) in [5, 5.41) is 0. The van der Waals surface area contributed by atoms with Crippen molar-refractivity contribution in [2.45, 2.75) is 44.1 Å². The maximum Gasteiger partial charge on any atom is 0.265 e. The van der Waals surface area contributed by atoms with Crippen molar-refractivity contribution in [2.24, 2.45) is 0 Å². The molecule has 92 valence electrons. The molecule has 17 heavy (non-hydrogen) atoms. The second kappa shape index (κ2) is 4.53. The molecule has 2 fully saturated rings. The monoisotopic (exact) mass is 298 g/mol. The number of H-pyrrole nitrogens is 1. The number of halogens is 1. The molecule has 1 aliphatic carbocycles. The van der Waals surface area contributed by atoms with Crippen molar-refractivity contribution in [3.63, 3.8) is 0 Å². The third-order valence-corrected chi connectivity index (χ3v) is 4.11. The van der Waals surface area contributed by atoms with Gasteiger partial charge >= 0.3 is 0 Å². The van der Waals surface area contributed by atoms with Crippen molar-refractivity contribution in [1.29, 1.82) is 0 Å². The number of ether oxygens (including phenoxy) is 1. The zero-order valence-corrected chi connectivity index (χ0v) is 11.1. The van der Waals surface area contributed by atoms with Crippen LogP contribution < -0.4 is 5.56 Å². The Morgan fingerprint density at radius 1 is 1.41 bits per heavy atom. The topological polar surface area (TPSA) is 55.0 Å². The van der Waals surface area contributed by atoms with Crippen LogP contribution in [0.5, 0.6) is 0 Å². The van der Waals surface area contributed by atoms with Crippen molar-refractivity contribution in [1.82, 2.24) is 9.97 Å². The first-order valence-electron chi connectivity index (χ1n) is 6.14. The highest BCUT2D eigenvalue weighted by Crippen LogP contribution is 2.41. The quantitative estimate of drug-likeness (QED) is 0.930. The average Bonchev–Trinajstić information content (AvgIpc) is 3.02. The van der Waals surface area contributed by atoms with Crippen LogP contribution in [-0.4, -0.2) is 22.7 Å². The number of nitrogens with zero attached hydrogens (tertiary/aromatic N) is 1. The average molecular weight is 299 g/mol. The summed E-state index contributed by atoms with van der Waals surface area (Å²) in [4.78, 5) is 19.2. The molecule has 0 radical (unpaired) electrons. The highest BCUT2D eigenvalue weighted by atomic mass is 79.9. The molecule has 3 rings (SSSR count). The van der Waals surface area contributed by atoms with E-state index >= 15 is 0 Å². The van der Waals surface area contributed by atoms with Crippen molar-refractivity contribution < 1.29 is 4.74 Å². The van der Waals surface area contributed by atoms with Gasteiger partial charge in [0.1, 0.15) is 10.3 Å². The molecule has 1 atom stereocenters. The molecule has 0 bridgehead atoms. The third kappa shape index (κ3) is 2.45. The van der Waals surface area contributed by atoms with Gasteiger partial charge in [-0.25, -0.2) is 4.98 Å². The van der Waals surface area contributed by atoms with Crippen LogP contribution in [0.4, 0.5) is 0 Å². The molecule has 1 aliphatic heterocycles. The molecule has 1 saturated heterocycles. The number of hydrogen-bond acceptors (Lipinski definition) is 3. The van der Waals surface area contributed by atoms with Crippen LogP contribution in [0, 0.1) is 0 Å². The lowest BCUT2D eigenvalue weighted by molar-refractivity contribution is 0.109. The van der Waals surface area contributed by atoms with Crippen LogP contribution in [0.1, 0.15) is 43.1 Å². The van der Waals surface area contributed by atoms with Gasteiger partial charge in [-0.05, 0) is 41.6 Å². The Bertz CT molecular complexity index is 476. The lowest BCUT2D eigenvalue weighted by Crippen LogP contribution is -2.19. The van der Waals surface area contributed by atoms with E-state index in [1.54, 1.807) is 0 Å². The van der Waals surface area contributed by atoms with E-state index in [-0.39, 0.29) is 11.7 Å². The fourth-order valence-corrected chi connectivity index (χ4v) is 2.78. The van der Waals surface area contributed by atoms with Crippen LogP contribution in [0.2, 0.25) is 0 Å². The van der Waals surface area contributed by atoms with Gasteiger partial charge in [-0.1, -0.05) is 0 Å². The highest BCUT2D eigenvalue weighted by Gasteiger charge is 2.29. The molecule has 1 N–H and O–H groups in total. The standard InChI is InChI=1S/C12H15BrN2O2/c13-10-11(7-3-4-7)14-9(15-12(10)16)6-8-2-1-5-17-8/h7-8H,1-6H2,(H,14,15,16). The summed E-state index contributed by atoms with van der Waals surface area (Å²) in [7, 11) is 0. The lowest BCUT2D eigenvalue weighted by atomic mass is 10.1. The predicted octanol–water partition coefficient (Wildman–Crippen LogP) is 2.13. The summed E-state index contributed by atoms with van der Waals surface area (Å²) >= 11 is 3.33. The van der Waals surface area contributed by atoms with Gasteiger partial charge in [0.15, 0.2) is 0 Å². The molecule has 1 aromatic rings. The number of hydrogen-bond donors (Lipinski definition) is 1. The Morgan fingerprint density at radius 2 is 2.24 bits per heavy atom. The van der Waals surface area contributed by atoms with Crippen LogP contribution in [0.3, 0.4) is 0 Å². The van der Waals surface area contributed by atoms with Gasteiger partial charge in [-0.3, -0.25) is 4.79 Å². The molecule has 1 saturated carbocycles. The van der Waals surface area contributed by atoms with Gasteiger partial charge in [0.2, 0.25) is 0 Å². The number of aromatic nitrogens is 2. The minimum atomic E-state index is -0.0603. The number of nitrogens with one attached hydrogen (secondary N) is 1. The summed E-state index contributed by atoms with van der Waals surface area (Å²) in [5.41, 5.74) is 0.872. The van der Waals surface area contributed by atoms with Crippen LogP contribution in [0.25, 0.3) is 0 Å². The third-order valence-electron chi connectivity index (χ3n) is 3.35. The second-order valence-corrected chi connectivity index (χ2v) is 5.62. The molecular weight excluding hydrogens is 284 g/mol. The molecule has 1 unspecified atom stereocenters. The van der Waals surface area contributed by atoms with E-state index in [1.807, 2.05) is 0 Å². The molecule has 4 nitrogen and oxygen atoms in total. The largest absolute Gasteiger partial charge is 0.378 e. The Morgan fingerprint density at radius 3 is 2.88 bits per heavy atom. The molecule has 0 amide bonds. The smallest absolute Gasteiger partial charge is 0.265 e. The van der Waals surface area contributed by atoms with Crippen molar-refractivity contribution in [3.05, 3.63) is 26.3 Å². The maximum absolute atomic E-state index is 11.8. The molecule has 2 aliphatic rings. The van der Waals surface area contributed by atoms with Gasteiger partial charge < -0.3 is 9.72 Å². The fraction of sp³-hybridized carbons (Fsp3) is 0.667. The highest BCUT2D eigenvalue weighted by molar-refractivity contribution is 9.10. The minimum absolute atomic E-state index is 0.0603. The molecule has 0 spiro atoms. The van der Waals surface area contributed by atoms with Gasteiger partial charge in [0.25, 0.3) is 5.56 Å². The van der Waals surface area contributed by atoms with Gasteiger partial charge in [-0.2, -0.15) is 0 Å². The van der Waals surface area contributed by atoms with E-state index < -0.39 is 0 Å². The fourth-order valence-electron chi connectivity index (χ4n) is 2.27. The lowest BCUT2D eigenvalue weighted by Gasteiger charge is -2.10. The number of rotatable bonds is 3. The number of aromatic amines is 1. The molecule has 5 heteroatoms. The predicted molar refractivity (Wildman–Crippen MR) is 67.2 cm³/mol. The summed E-state index contributed by atoms with van der Waals surface area (Å²) in [6.07, 6.45) is 5.43. The van der Waals surface area contributed by atoms with Crippen LogP contribution in [-0.2, 0) is 11.2 Å². The zero-order valence-electron chi connectivity index (χ0n) is 9.54. The van der Waals surface area contributed by atoms with Crippen LogP contribution >= 0.6 is 15.9 Å². The van der Waals surface area contributed by atoms with E-state index in [1.165, 1.54) is 0 Å². The van der Waals surface area contributed by atoms with E-state index in [9.17, 15) is 4.79 Å². The Labute approximate surface area is 108 Å². The Balaban J connectivity index is 1.86. The molecule has 0 aromatic carbocycles. The van der Waals surface area contributed by atoms with E-state index in [0.29, 0.717) is 10.4 Å². The van der Waals surface area contributed by atoms with Crippen molar-refractivity contribution in [2.75, 3.05) is 6.61 Å². The molecule has 1 aromatic heterocycles. The normalized spacial score (nSPS) is 24.2. The first kappa shape index (κ1) is 11.4. The molecule has 2 heterocycles. The second-order valence-electron chi connectivity index (χ2n) is 4.83. The van der Waals surface area contributed by atoms with Crippen molar-refractivity contribution in [3.8, 4) is 0 Å². The Hall–Kier alpha value is -0.680. The van der Waals surface area contributed by atoms with Gasteiger partial charge in [0.05, 0.1) is 11.8 Å². The first-order chi connectivity index (χ1) is 8.24. The Kier molecular flexibility index (Phi) is 3.04. The first-order valence-corrected chi connectivity index (χ1v) is 6.93. The van der Waals surface area contributed by atoms with E-state index in [0.717, 1.165) is 50.2 Å². The van der Waals surface area contributed by atoms with Gasteiger partial charge in [0, 0.05) is 18.9 Å². The summed E-state index contributed by atoms with van der Waals surface area (Å²) in [6, 6.07) is 0. The minimum Gasteiger partial charge on any atom is -0.378 e. The van der Waals surface area contributed by atoms with E-state index in [2.05, 4.69) is 25.9 Å². The summed E-state index contributed by atoms with van der Waals surface area (Å²) in [5.74, 6) is 1.25. The maximum atomic E-state index is 11.8. The zero-order chi connectivity index (χ0) is 11.8. The molecular formula is C12H15BrN2O2. The van der Waals surface area contributed by atoms with E-state index in [4.69, 9.17) is 4.74 Å².